The van der Waals surface area contributed by atoms with Crippen molar-refractivity contribution in [1.82, 2.24) is 20.4 Å². The number of amides is 1. The molecule has 0 aliphatic carbocycles. The van der Waals surface area contributed by atoms with E-state index in [1.807, 2.05) is 30.3 Å². The molecule has 2 N–H and O–H groups in total. The number of nitrogens with one attached hydrogen (secondary N) is 2. The summed E-state index contributed by atoms with van der Waals surface area (Å²) in [6.45, 7) is 5.24. The van der Waals surface area contributed by atoms with Crippen molar-refractivity contribution in [1.29, 1.82) is 0 Å². The number of aromatic amines is 1. The van der Waals surface area contributed by atoms with E-state index in [9.17, 15) is 4.79 Å². The van der Waals surface area contributed by atoms with Crippen molar-refractivity contribution < 1.29 is 4.79 Å². The minimum absolute atomic E-state index is 0.0608. The normalized spacial score (nSPS) is 18.5. The smallest absolute Gasteiger partial charge is 0.255 e. The molecule has 1 fully saturated rings. The standard InChI is InChI=1S/C19H26N4O/c1-15-8-5-6-12-23(15)13-7-11-20-19(24)17-14-21-22-18(17)16-9-3-2-4-10-16/h2-4,9-10,14-15H,5-8,11-13H2,1H3,(H,20,24)(H,21,22). The monoisotopic (exact) mass is 326 g/mol. The van der Waals surface area contributed by atoms with Crippen LogP contribution in [0.3, 0.4) is 0 Å². The maximum atomic E-state index is 12.4. The number of rotatable bonds is 6. The molecule has 1 saturated heterocycles. The first-order valence-electron chi connectivity index (χ1n) is 8.87. The van der Waals surface area contributed by atoms with E-state index < -0.39 is 0 Å². The lowest BCUT2D eigenvalue weighted by Crippen LogP contribution is -2.39. The Balaban J connectivity index is 1.50. The number of carbonyl (C=O) groups excluding carboxylic acids is 1. The molecule has 1 aliphatic rings. The van der Waals surface area contributed by atoms with E-state index in [0.717, 1.165) is 24.2 Å². The predicted octanol–water partition coefficient (Wildman–Crippen LogP) is 3.07. The summed E-state index contributed by atoms with van der Waals surface area (Å²) in [5.41, 5.74) is 2.35. The van der Waals surface area contributed by atoms with Crippen LogP contribution in [0.1, 0.15) is 43.0 Å². The Bertz CT molecular complexity index is 652. The second-order valence-electron chi connectivity index (χ2n) is 6.51. The van der Waals surface area contributed by atoms with E-state index in [4.69, 9.17) is 0 Å². The van der Waals surface area contributed by atoms with Crippen LogP contribution in [0.4, 0.5) is 0 Å². The number of benzene rings is 1. The number of hydrogen-bond donors (Lipinski definition) is 2. The summed E-state index contributed by atoms with van der Waals surface area (Å²) >= 11 is 0. The summed E-state index contributed by atoms with van der Waals surface area (Å²) < 4.78 is 0. The van der Waals surface area contributed by atoms with Crippen molar-refractivity contribution >= 4 is 5.91 Å². The van der Waals surface area contributed by atoms with E-state index in [-0.39, 0.29) is 5.91 Å². The van der Waals surface area contributed by atoms with Crippen LogP contribution in [0.15, 0.2) is 36.5 Å². The van der Waals surface area contributed by atoms with E-state index >= 15 is 0 Å². The topological polar surface area (TPSA) is 61.0 Å². The summed E-state index contributed by atoms with van der Waals surface area (Å²) in [4.78, 5) is 15.0. The molecule has 24 heavy (non-hydrogen) atoms. The van der Waals surface area contributed by atoms with Gasteiger partial charge in [0, 0.05) is 24.7 Å². The van der Waals surface area contributed by atoms with Crippen LogP contribution in [0.5, 0.6) is 0 Å². The lowest BCUT2D eigenvalue weighted by atomic mass is 10.0. The van der Waals surface area contributed by atoms with Gasteiger partial charge in [-0.25, -0.2) is 0 Å². The number of aromatic nitrogens is 2. The summed E-state index contributed by atoms with van der Waals surface area (Å²) in [6.07, 6.45) is 6.52. The van der Waals surface area contributed by atoms with Crippen molar-refractivity contribution in [3.63, 3.8) is 0 Å². The molecule has 0 bridgehead atoms. The Morgan fingerprint density at radius 1 is 1.33 bits per heavy atom. The summed E-state index contributed by atoms with van der Waals surface area (Å²) in [5.74, 6) is -0.0608. The summed E-state index contributed by atoms with van der Waals surface area (Å²) in [7, 11) is 0. The summed E-state index contributed by atoms with van der Waals surface area (Å²) in [6, 6.07) is 10.5. The number of H-pyrrole nitrogens is 1. The van der Waals surface area contributed by atoms with Gasteiger partial charge >= 0.3 is 0 Å². The van der Waals surface area contributed by atoms with Crippen LogP contribution in [-0.4, -0.2) is 46.7 Å². The molecule has 1 atom stereocenters. The second kappa shape index (κ2) is 8.11. The molecule has 2 heterocycles. The highest BCUT2D eigenvalue weighted by atomic mass is 16.1. The molecule has 1 aliphatic heterocycles. The largest absolute Gasteiger partial charge is 0.352 e. The van der Waals surface area contributed by atoms with E-state index in [2.05, 4.69) is 27.3 Å². The van der Waals surface area contributed by atoms with E-state index in [0.29, 0.717) is 18.2 Å². The number of carbonyl (C=O) groups is 1. The van der Waals surface area contributed by atoms with Crippen LogP contribution in [0.2, 0.25) is 0 Å². The first-order chi connectivity index (χ1) is 11.8. The Hall–Kier alpha value is -2.14. The first-order valence-corrected chi connectivity index (χ1v) is 8.87. The molecular weight excluding hydrogens is 300 g/mol. The zero-order valence-corrected chi connectivity index (χ0v) is 14.3. The predicted molar refractivity (Wildman–Crippen MR) is 95.9 cm³/mol. The Morgan fingerprint density at radius 3 is 2.96 bits per heavy atom. The third kappa shape index (κ3) is 4.03. The van der Waals surface area contributed by atoms with Gasteiger partial charge in [0.2, 0.25) is 0 Å². The van der Waals surface area contributed by atoms with Crippen LogP contribution in [0, 0.1) is 0 Å². The average Bonchev–Trinajstić information content (AvgIpc) is 3.10. The Kier molecular flexibility index (Phi) is 5.64. The fourth-order valence-corrected chi connectivity index (χ4v) is 3.35. The minimum Gasteiger partial charge on any atom is -0.352 e. The molecule has 0 radical (unpaired) electrons. The highest BCUT2D eigenvalue weighted by molar-refractivity contribution is 5.99. The molecule has 1 aromatic heterocycles. The lowest BCUT2D eigenvalue weighted by Gasteiger charge is -2.33. The maximum Gasteiger partial charge on any atom is 0.255 e. The maximum absolute atomic E-state index is 12.4. The fraction of sp³-hybridized carbons (Fsp3) is 0.474. The fourth-order valence-electron chi connectivity index (χ4n) is 3.35. The van der Waals surface area contributed by atoms with E-state index in [1.54, 1.807) is 6.20 Å². The van der Waals surface area contributed by atoms with Crippen LogP contribution in [0.25, 0.3) is 11.3 Å². The molecule has 5 nitrogen and oxygen atoms in total. The Morgan fingerprint density at radius 2 is 2.17 bits per heavy atom. The van der Waals surface area contributed by atoms with E-state index in [1.165, 1.54) is 25.8 Å². The molecule has 0 spiro atoms. The molecule has 3 rings (SSSR count). The molecule has 1 amide bonds. The zero-order chi connectivity index (χ0) is 16.8. The van der Waals surface area contributed by atoms with Gasteiger partial charge in [-0.3, -0.25) is 9.89 Å². The molecule has 128 valence electrons. The highest BCUT2D eigenvalue weighted by Crippen LogP contribution is 2.20. The van der Waals surface area contributed by atoms with Gasteiger partial charge in [-0.2, -0.15) is 5.10 Å². The average molecular weight is 326 g/mol. The molecule has 2 aromatic rings. The third-order valence-electron chi connectivity index (χ3n) is 4.79. The molecule has 0 saturated carbocycles. The van der Waals surface area contributed by atoms with Crippen molar-refractivity contribution in [2.24, 2.45) is 0 Å². The Labute approximate surface area is 143 Å². The van der Waals surface area contributed by atoms with Gasteiger partial charge in [0.15, 0.2) is 0 Å². The molecule has 1 aromatic carbocycles. The molecular formula is C19H26N4O. The second-order valence-corrected chi connectivity index (χ2v) is 6.51. The van der Waals surface area contributed by atoms with Crippen molar-refractivity contribution in [3.05, 3.63) is 42.1 Å². The zero-order valence-electron chi connectivity index (χ0n) is 14.3. The van der Waals surface area contributed by atoms with Gasteiger partial charge in [0.25, 0.3) is 5.91 Å². The number of nitrogens with zero attached hydrogens (tertiary/aromatic N) is 2. The number of hydrogen-bond acceptors (Lipinski definition) is 3. The summed E-state index contributed by atoms with van der Waals surface area (Å²) in [5, 5.41) is 9.99. The number of likely N-dealkylation sites (tertiary alicyclic amines) is 1. The molecule has 5 heteroatoms. The lowest BCUT2D eigenvalue weighted by molar-refractivity contribution is 0.0949. The van der Waals surface area contributed by atoms with Gasteiger partial charge in [0.1, 0.15) is 0 Å². The van der Waals surface area contributed by atoms with Crippen LogP contribution >= 0.6 is 0 Å². The first kappa shape index (κ1) is 16.7. The highest BCUT2D eigenvalue weighted by Gasteiger charge is 2.18. The van der Waals surface area contributed by atoms with Gasteiger partial charge < -0.3 is 10.2 Å². The molecule has 1 unspecified atom stereocenters. The van der Waals surface area contributed by atoms with Crippen molar-refractivity contribution in [2.45, 2.75) is 38.6 Å². The number of piperidine rings is 1. The van der Waals surface area contributed by atoms with Gasteiger partial charge in [-0.15, -0.1) is 0 Å². The minimum atomic E-state index is -0.0608. The van der Waals surface area contributed by atoms with Gasteiger partial charge in [-0.1, -0.05) is 36.8 Å². The van der Waals surface area contributed by atoms with Crippen LogP contribution < -0.4 is 5.32 Å². The van der Waals surface area contributed by atoms with Crippen molar-refractivity contribution in [3.8, 4) is 11.3 Å². The SMILES string of the molecule is CC1CCCCN1CCCNC(=O)c1cn[nH]c1-c1ccccc1. The quantitative estimate of drug-likeness (QED) is 0.802. The van der Waals surface area contributed by atoms with Crippen LogP contribution in [-0.2, 0) is 0 Å². The van der Waals surface area contributed by atoms with Gasteiger partial charge in [0.05, 0.1) is 17.5 Å². The van der Waals surface area contributed by atoms with Crippen molar-refractivity contribution in [2.75, 3.05) is 19.6 Å². The third-order valence-corrected chi connectivity index (χ3v) is 4.79. The van der Waals surface area contributed by atoms with Gasteiger partial charge in [-0.05, 0) is 32.7 Å².